The zero-order valence-corrected chi connectivity index (χ0v) is 18.5. The Morgan fingerprint density at radius 2 is 2.16 bits per heavy atom. The number of nitrogens with one attached hydrogen (secondary N) is 2. The van der Waals surface area contributed by atoms with Crippen molar-refractivity contribution >= 4 is 38.4 Å². The van der Waals surface area contributed by atoms with Crippen LogP contribution in [0, 0.1) is 5.92 Å². The van der Waals surface area contributed by atoms with Crippen molar-refractivity contribution in [1.29, 1.82) is 0 Å². The zero-order chi connectivity index (χ0) is 21.4. The number of fused-ring (bicyclic) bond motifs is 1. The molecular formula is C22H21BrN6O2. The van der Waals surface area contributed by atoms with Crippen LogP contribution in [-0.4, -0.2) is 37.7 Å². The number of ether oxygens (including phenoxy) is 1. The van der Waals surface area contributed by atoms with Gasteiger partial charge in [0.25, 0.3) is 5.91 Å². The highest BCUT2D eigenvalue weighted by Crippen LogP contribution is 2.33. The number of tetrazole rings is 1. The number of benzene rings is 2. The fourth-order valence-electron chi connectivity index (χ4n) is 3.86. The molecule has 1 amide bonds. The van der Waals surface area contributed by atoms with Gasteiger partial charge in [0.2, 0.25) is 0 Å². The molecule has 0 bridgehead atoms. The summed E-state index contributed by atoms with van der Waals surface area (Å²) in [7, 11) is 1.89. The Labute approximate surface area is 187 Å². The third kappa shape index (κ3) is 3.81. The Morgan fingerprint density at radius 3 is 2.90 bits per heavy atom. The van der Waals surface area contributed by atoms with Crippen molar-refractivity contribution in [2.24, 2.45) is 13.0 Å². The summed E-state index contributed by atoms with van der Waals surface area (Å²) in [6.45, 7) is 0.722. The van der Waals surface area contributed by atoms with Crippen LogP contribution in [0.1, 0.15) is 29.8 Å². The SMILES string of the molecule is Cn1c(C(=O)Nc2ccc(Br)cc2-c2nnn[nH]2)cc2cccc(OCC3CCC3)c21. The van der Waals surface area contributed by atoms with Crippen LogP contribution in [0.5, 0.6) is 5.75 Å². The molecule has 0 saturated heterocycles. The molecule has 0 aliphatic heterocycles. The smallest absolute Gasteiger partial charge is 0.272 e. The molecule has 8 nitrogen and oxygen atoms in total. The van der Waals surface area contributed by atoms with Crippen molar-refractivity contribution in [3.05, 3.63) is 52.6 Å². The van der Waals surface area contributed by atoms with Gasteiger partial charge in [-0.2, -0.15) is 0 Å². The number of para-hydroxylation sites is 1. The zero-order valence-electron chi connectivity index (χ0n) is 16.9. The first-order chi connectivity index (χ1) is 15.1. The van der Waals surface area contributed by atoms with Crippen LogP contribution in [0.4, 0.5) is 5.69 Å². The van der Waals surface area contributed by atoms with E-state index in [9.17, 15) is 4.79 Å². The second-order valence-corrected chi connectivity index (χ2v) is 8.70. The number of aryl methyl sites for hydroxylation is 1. The number of aromatic nitrogens is 5. The van der Waals surface area contributed by atoms with E-state index in [0.717, 1.165) is 27.7 Å². The standard InChI is InChI=1S/C22H21BrN6O2/c1-29-18(10-14-6-3-7-19(20(14)29)31-12-13-4-2-5-13)22(30)24-17-9-8-15(23)11-16(17)21-25-27-28-26-21/h3,6-11,13H,2,4-5,12H2,1H3,(H,24,30)(H,25,26,27,28). The molecule has 1 aliphatic carbocycles. The first kappa shape index (κ1) is 19.7. The molecule has 2 heterocycles. The normalized spacial score (nSPS) is 13.9. The molecule has 158 valence electrons. The van der Waals surface area contributed by atoms with E-state index in [4.69, 9.17) is 4.74 Å². The Morgan fingerprint density at radius 1 is 1.29 bits per heavy atom. The molecule has 0 unspecified atom stereocenters. The number of rotatable bonds is 6. The Bertz CT molecular complexity index is 1250. The van der Waals surface area contributed by atoms with Crippen LogP contribution < -0.4 is 10.1 Å². The average molecular weight is 481 g/mol. The van der Waals surface area contributed by atoms with Crippen molar-refractivity contribution in [3.8, 4) is 17.1 Å². The monoisotopic (exact) mass is 480 g/mol. The fourth-order valence-corrected chi connectivity index (χ4v) is 4.22. The quantitative estimate of drug-likeness (QED) is 0.421. The van der Waals surface area contributed by atoms with E-state index in [1.165, 1.54) is 19.3 Å². The lowest BCUT2D eigenvalue weighted by Gasteiger charge is -2.25. The minimum atomic E-state index is -0.223. The predicted molar refractivity (Wildman–Crippen MR) is 121 cm³/mol. The molecular weight excluding hydrogens is 460 g/mol. The lowest BCUT2D eigenvalue weighted by molar-refractivity contribution is 0.101. The number of H-pyrrole nitrogens is 1. The summed E-state index contributed by atoms with van der Waals surface area (Å²) >= 11 is 3.46. The van der Waals surface area contributed by atoms with Crippen LogP contribution in [0.3, 0.4) is 0 Å². The topological polar surface area (TPSA) is 97.7 Å². The van der Waals surface area contributed by atoms with Gasteiger partial charge >= 0.3 is 0 Å². The Balaban J connectivity index is 1.45. The van der Waals surface area contributed by atoms with Gasteiger partial charge in [0, 0.05) is 22.5 Å². The molecule has 0 spiro atoms. The molecule has 9 heteroatoms. The van der Waals surface area contributed by atoms with Gasteiger partial charge in [-0.1, -0.05) is 34.5 Å². The second-order valence-electron chi connectivity index (χ2n) is 7.78. The maximum atomic E-state index is 13.2. The Hall–Kier alpha value is -3.20. The van der Waals surface area contributed by atoms with Crippen molar-refractivity contribution in [3.63, 3.8) is 0 Å². The van der Waals surface area contributed by atoms with E-state index >= 15 is 0 Å². The first-order valence-electron chi connectivity index (χ1n) is 10.2. The largest absolute Gasteiger partial charge is 0.491 e. The first-order valence-corrected chi connectivity index (χ1v) is 11.0. The summed E-state index contributed by atoms with van der Waals surface area (Å²) in [6.07, 6.45) is 3.74. The second kappa shape index (κ2) is 8.14. The predicted octanol–water partition coefficient (Wildman–Crippen LogP) is 4.55. The highest BCUT2D eigenvalue weighted by molar-refractivity contribution is 9.10. The minimum Gasteiger partial charge on any atom is -0.491 e. The number of hydrogen-bond donors (Lipinski definition) is 2. The third-order valence-corrected chi connectivity index (χ3v) is 6.27. The molecule has 2 N–H and O–H groups in total. The number of halogens is 1. The van der Waals surface area contributed by atoms with Gasteiger partial charge < -0.3 is 14.6 Å². The molecule has 2 aromatic carbocycles. The van der Waals surface area contributed by atoms with Gasteiger partial charge in [-0.3, -0.25) is 4.79 Å². The average Bonchev–Trinajstić information content (AvgIpc) is 3.37. The highest BCUT2D eigenvalue weighted by Gasteiger charge is 2.21. The van der Waals surface area contributed by atoms with Crippen LogP contribution in [0.15, 0.2) is 46.9 Å². The number of amides is 1. The molecule has 5 rings (SSSR count). The molecule has 1 fully saturated rings. The number of anilines is 1. The summed E-state index contributed by atoms with van der Waals surface area (Å²) in [5, 5.41) is 17.9. The van der Waals surface area contributed by atoms with Crippen LogP contribution in [-0.2, 0) is 7.05 Å². The Kier molecular flexibility index (Phi) is 5.19. The number of hydrogen-bond acceptors (Lipinski definition) is 5. The van der Waals surface area contributed by atoms with Gasteiger partial charge in [0.05, 0.1) is 17.8 Å². The van der Waals surface area contributed by atoms with E-state index in [1.54, 1.807) is 0 Å². The van der Waals surface area contributed by atoms with Crippen LogP contribution in [0.25, 0.3) is 22.3 Å². The maximum absolute atomic E-state index is 13.2. The molecule has 2 aromatic heterocycles. The summed E-state index contributed by atoms with van der Waals surface area (Å²) in [4.78, 5) is 13.2. The summed E-state index contributed by atoms with van der Waals surface area (Å²) < 4.78 is 8.85. The summed E-state index contributed by atoms with van der Waals surface area (Å²) in [5.41, 5.74) is 2.76. The van der Waals surface area contributed by atoms with Gasteiger partial charge in [0.15, 0.2) is 5.82 Å². The van der Waals surface area contributed by atoms with Crippen molar-refractivity contribution in [2.45, 2.75) is 19.3 Å². The third-order valence-electron chi connectivity index (χ3n) is 5.78. The summed E-state index contributed by atoms with van der Waals surface area (Å²) in [6, 6.07) is 13.3. The van der Waals surface area contributed by atoms with Gasteiger partial charge in [-0.05, 0) is 59.5 Å². The molecule has 31 heavy (non-hydrogen) atoms. The van der Waals surface area contributed by atoms with E-state index in [1.807, 2.05) is 54.1 Å². The summed E-state index contributed by atoms with van der Waals surface area (Å²) in [5.74, 6) is 1.70. The molecule has 1 saturated carbocycles. The van der Waals surface area contributed by atoms with Crippen LogP contribution in [0.2, 0.25) is 0 Å². The lowest BCUT2D eigenvalue weighted by atomic mass is 9.86. The van der Waals surface area contributed by atoms with Crippen molar-refractivity contribution < 1.29 is 9.53 Å². The molecule has 0 radical (unpaired) electrons. The molecule has 1 aliphatic rings. The van der Waals surface area contributed by atoms with Gasteiger partial charge in [-0.15, -0.1) is 5.10 Å². The van der Waals surface area contributed by atoms with Crippen LogP contribution >= 0.6 is 15.9 Å². The van der Waals surface area contributed by atoms with Crippen molar-refractivity contribution in [2.75, 3.05) is 11.9 Å². The van der Waals surface area contributed by atoms with Crippen molar-refractivity contribution in [1.82, 2.24) is 25.2 Å². The van der Waals surface area contributed by atoms with E-state index < -0.39 is 0 Å². The molecule has 0 atom stereocenters. The van der Waals surface area contributed by atoms with E-state index in [2.05, 4.69) is 41.9 Å². The van der Waals surface area contributed by atoms with Gasteiger partial charge in [0.1, 0.15) is 11.4 Å². The molecule has 4 aromatic rings. The number of carbonyl (C=O) groups is 1. The maximum Gasteiger partial charge on any atom is 0.272 e. The van der Waals surface area contributed by atoms with Gasteiger partial charge in [-0.25, -0.2) is 5.10 Å². The van der Waals surface area contributed by atoms with E-state index in [-0.39, 0.29) is 5.91 Å². The number of carbonyl (C=O) groups excluding carboxylic acids is 1. The fraction of sp³-hybridized carbons (Fsp3) is 0.273. The highest BCUT2D eigenvalue weighted by atomic mass is 79.9. The lowest BCUT2D eigenvalue weighted by Crippen LogP contribution is -2.19. The number of aromatic amines is 1. The van der Waals surface area contributed by atoms with E-state index in [0.29, 0.717) is 28.7 Å². The number of nitrogens with zero attached hydrogens (tertiary/aromatic N) is 4. The minimum absolute atomic E-state index is 0.223.